The number of nitrogens with two attached hydrogens (primary N) is 1. The van der Waals surface area contributed by atoms with E-state index in [0.717, 1.165) is 36.4 Å². The standard InChI is InChI=1S/C21H27N3O2/c1-15-12-19(13-20(25)16(15)2)24-11-10-23(17-6-4-3-5-7-17)14-18(24)8-9-21(22)26/h3-7,12-13,18,25H,8-11,14H2,1-2H3,(H2,22,26). The van der Waals surface area contributed by atoms with Gasteiger partial charge in [-0.3, -0.25) is 4.79 Å². The maximum absolute atomic E-state index is 11.3. The van der Waals surface area contributed by atoms with Gasteiger partial charge < -0.3 is 20.6 Å². The monoisotopic (exact) mass is 353 g/mol. The highest BCUT2D eigenvalue weighted by Crippen LogP contribution is 2.31. The van der Waals surface area contributed by atoms with Gasteiger partial charge in [0.25, 0.3) is 0 Å². The van der Waals surface area contributed by atoms with E-state index in [1.807, 2.05) is 38.1 Å². The van der Waals surface area contributed by atoms with Gasteiger partial charge in [0.2, 0.25) is 5.91 Å². The molecule has 2 aromatic carbocycles. The topological polar surface area (TPSA) is 69.8 Å². The van der Waals surface area contributed by atoms with E-state index in [9.17, 15) is 9.90 Å². The fraction of sp³-hybridized carbons (Fsp3) is 0.381. The van der Waals surface area contributed by atoms with Crippen molar-refractivity contribution < 1.29 is 9.90 Å². The average molecular weight is 353 g/mol. The van der Waals surface area contributed by atoms with Crippen LogP contribution in [0.5, 0.6) is 5.75 Å². The number of hydrogen-bond acceptors (Lipinski definition) is 4. The Morgan fingerprint density at radius 2 is 1.88 bits per heavy atom. The molecule has 3 N–H and O–H groups in total. The second-order valence-corrected chi connectivity index (χ2v) is 7.04. The third kappa shape index (κ3) is 3.93. The number of hydrogen-bond donors (Lipinski definition) is 2. The van der Waals surface area contributed by atoms with Crippen LogP contribution < -0.4 is 15.5 Å². The van der Waals surface area contributed by atoms with Crippen molar-refractivity contribution in [2.75, 3.05) is 29.4 Å². The van der Waals surface area contributed by atoms with Crippen molar-refractivity contribution in [3.8, 4) is 5.75 Å². The van der Waals surface area contributed by atoms with Gasteiger partial charge in [-0.2, -0.15) is 0 Å². The second kappa shape index (κ2) is 7.68. The summed E-state index contributed by atoms with van der Waals surface area (Å²) in [6, 6.07) is 14.4. The largest absolute Gasteiger partial charge is 0.508 e. The minimum Gasteiger partial charge on any atom is -0.508 e. The number of amides is 1. The van der Waals surface area contributed by atoms with Gasteiger partial charge in [0, 0.05) is 49.5 Å². The van der Waals surface area contributed by atoms with Crippen LogP contribution in [0.1, 0.15) is 24.0 Å². The molecule has 0 radical (unpaired) electrons. The van der Waals surface area contributed by atoms with Crippen molar-refractivity contribution in [2.45, 2.75) is 32.7 Å². The average Bonchev–Trinajstić information content (AvgIpc) is 2.64. The number of phenolic OH excluding ortho intramolecular Hbond substituents is 1. The van der Waals surface area contributed by atoms with Crippen molar-refractivity contribution in [1.82, 2.24) is 0 Å². The maximum atomic E-state index is 11.3. The second-order valence-electron chi connectivity index (χ2n) is 7.04. The van der Waals surface area contributed by atoms with Crippen molar-refractivity contribution in [1.29, 1.82) is 0 Å². The van der Waals surface area contributed by atoms with E-state index in [4.69, 9.17) is 5.73 Å². The molecule has 26 heavy (non-hydrogen) atoms. The fourth-order valence-corrected chi connectivity index (χ4v) is 3.61. The van der Waals surface area contributed by atoms with E-state index >= 15 is 0 Å². The van der Waals surface area contributed by atoms with Gasteiger partial charge in [0.1, 0.15) is 5.75 Å². The molecule has 1 amide bonds. The lowest BCUT2D eigenvalue weighted by Gasteiger charge is -2.44. The Balaban J connectivity index is 1.85. The summed E-state index contributed by atoms with van der Waals surface area (Å²) < 4.78 is 0. The molecular weight excluding hydrogens is 326 g/mol. The van der Waals surface area contributed by atoms with Gasteiger partial charge in [-0.05, 0) is 49.6 Å². The Hall–Kier alpha value is -2.69. The molecule has 5 heteroatoms. The number of aromatic hydroxyl groups is 1. The first kappa shape index (κ1) is 18.1. The number of piperazine rings is 1. The number of aryl methyl sites for hydroxylation is 1. The van der Waals surface area contributed by atoms with E-state index in [0.29, 0.717) is 18.6 Å². The Bertz CT molecular complexity index is 753. The van der Waals surface area contributed by atoms with E-state index in [-0.39, 0.29) is 11.9 Å². The number of phenols is 1. The first-order chi connectivity index (χ1) is 12.5. The Labute approximate surface area is 155 Å². The van der Waals surface area contributed by atoms with Gasteiger partial charge in [0.05, 0.1) is 0 Å². The third-order valence-electron chi connectivity index (χ3n) is 5.28. The van der Waals surface area contributed by atoms with Crippen molar-refractivity contribution in [3.63, 3.8) is 0 Å². The predicted molar refractivity (Wildman–Crippen MR) is 106 cm³/mol. The zero-order chi connectivity index (χ0) is 18.7. The van der Waals surface area contributed by atoms with E-state index in [1.54, 1.807) is 0 Å². The molecule has 1 aliphatic rings. The summed E-state index contributed by atoms with van der Waals surface area (Å²) in [4.78, 5) is 16.0. The molecule has 2 aromatic rings. The van der Waals surface area contributed by atoms with Gasteiger partial charge >= 0.3 is 0 Å². The van der Waals surface area contributed by atoms with Crippen LogP contribution in [0.3, 0.4) is 0 Å². The van der Waals surface area contributed by atoms with Crippen LogP contribution in [-0.2, 0) is 4.79 Å². The summed E-state index contributed by atoms with van der Waals surface area (Å²) in [5.41, 5.74) is 9.57. The van der Waals surface area contributed by atoms with Crippen LogP contribution in [-0.4, -0.2) is 36.7 Å². The highest BCUT2D eigenvalue weighted by Gasteiger charge is 2.28. The molecule has 1 fully saturated rings. The summed E-state index contributed by atoms with van der Waals surface area (Å²) >= 11 is 0. The number of anilines is 2. The summed E-state index contributed by atoms with van der Waals surface area (Å²) in [7, 11) is 0. The molecule has 0 bridgehead atoms. The molecule has 1 saturated heterocycles. The molecular formula is C21H27N3O2. The van der Waals surface area contributed by atoms with E-state index in [1.165, 1.54) is 5.69 Å². The molecule has 0 spiro atoms. The van der Waals surface area contributed by atoms with Gasteiger partial charge in [-0.25, -0.2) is 0 Å². The zero-order valence-electron chi connectivity index (χ0n) is 15.5. The third-order valence-corrected chi connectivity index (χ3v) is 5.28. The predicted octanol–water partition coefficient (Wildman–Crippen LogP) is 2.97. The van der Waals surface area contributed by atoms with Crippen LogP contribution in [0, 0.1) is 13.8 Å². The number of para-hydroxylation sites is 1. The lowest BCUT2D eigenvalue weighted by Crippen LogP contribution is -2.53. The Morgan fingerprint density at radius 1 is 1.15 bits per heavy atom. The van der Waals surface area contributed by atoms with Gasteiger partial charge in [0.15, 0.2) is 0 Å². The van der Waals surface area contributed by atoms with Crippen LogP contribution in [0.15, 0.2) is 42.5 Å². The molecule has 0 saturated carbocycles. The lowest BCUT2D eigenvalue weighted by atomic mass is 10.0. The first-order valence-electron chi connectivity index (χ1n) is 9.11. The Kier molecular flexibility index (Phi) is 5.35. The van der Waals surface area contributed by atoms with Gasteiger partial charge in [-0.1, -0.05) is 18.2 Å². The molecule has 0 aliphatic carbocycles. The fourth-order valence-electron chi connectivity index (χ4n) is 3.61. The molecule has 1 heterocycles. The van der Waals surface area contributed by atoms with Crippen LogP contribution in [0.25, 0.3) is 0 Å². The number of carbonyl (C=O) groups excluding carboxylic acids is 1. The molecule has 138 valence electrons. The maximum Gasteiger partial charge on any atom is 0.217 e. The molecule has 1 aliphatic heterocycles. The summed E-state index contributed by atoms with van der Waals surface area (Å²) in [5, 5.41) is 10.2. The lowest BCUT2D eigenvalue weighted by molar-refractivity contribution is -0.118. The zero-order valence-corrected chi connectivity index (χ0v) is 15.5. The van der Waals surface area contributed by atoms with Crippen LogP contribution in [0.4, 0.5) is 11.4 Å². The smallest absolute Gasteiger partial charge is 0.217 e. The number of benzene rings is 2. The van der Waals surface area contributed by atoms with Crippen molar-refractivity contribution >= 4 is 17.3 Å². The van der Waals surface area contributed by atoms with Crippen LogP contribution >= 0.6 is 0 Å². The van der Waals surface area contributed by atoms with Crippen molar-refractivity contribution in [3.05, 3.63) is 53.6 Å². The minimum atomic E-state index is -0.273. The Morgan fingerprint density at radius 3 is 2.54 bits per heavy atom. The number of carbonyl (C=O) groups is 1. The number of nitrogens with zero attached hydrogens (tertiary/aromatic N) is 2. The normalized spacial score (nSPS) is 17.4. The minimum absolute atomic E-state index is 0.165. The van der Waals surface area contributed by atoms with Crippen LogP contribution in [0.2, 0.25) is 0 Å². The number of rotatable bonds is 5. The van der Waals surface area contributed by atoms with E-state index < -0.39 is 0 Å². The quantitative estimate of drug-likeness (QED) is 0.867. The first-order valence-corrected chi connectivity index (χ1v) is 9.11. The summed E-state index contributed by atoms with van der Waals surface area (Å²) in [6.45, 7) is 6.49. The molecule has 5 nitrogen and oxygen atoms in total. The highest BCUT2D eigenvalue weighted by atomic mass is 16.3. The summed E-state index contributed by atoms with van der Waals surface area (Å²) in [6.07, 6.45) is 1.06. The van der Waals surface area contributed by atoms with E-state index in [2.05, 4.69) is 28.0 Å². The summed E-state index contributed by atoms with van der Waals surface area (Å²) in [5.74, 6) is 0.0452. The highest BCUT2D eigenvalue weighted by molar-refractivity contribution is 5.73. The molecule has 3 rings (SSSR count). The molecule has 1 unspecified atom stereocenters. The SMILES string of the molecule is Cc1cc(N2CCN(c3ccccc3)CC2CCC(N)=O)cc(O)c1C. The molecule has 1 atom stereocenters. The number of primary amides is 1. The van der Waals surface area contributed by atoms with Crippen molar-refractivity contribution in [2.24, 2.45) is 5.73 Å². The van der Waals surface area contributed by atoms with Gasteiger partial charge in [-0.15, -0.1) is 0 Å². The molecule has 0 aromatic heterocycles.